The molecular weight excluding hydrogens is 412 g/mol. The van der Waals surface area contributed by atoms with Crippen molar-refractivity contribution < 1.29 is 4.79 Å². The number of hydrazone groups is 1. The predicted molar refractivity (Wildman–Crippen MR) is 95.0 cm³/mol. The van der Waals surface area contributed by atoms with Gasteiger partial charge in [-0.3, -0.25) is 9.78 Å². The van der Waals surface area contributed by atoms with Gasteiger partial charge >= 0.3 is 0 Å². The largest absolute Gasteiger partial charge is 0.374 e. The van der Waals surface area contributed by atoms with E-state index < -0.39 is 0 Å². The van der Waals surface area contributed by atoms with Crippen molar-refractivity contribution in [1.82, 2.24) is 10.4 Å². The van der Waals surface area contributed by atoms with Gasteiger partial charge in [0.15, 0.2) is 0 Å². The molecule has 2 aromatic rings. The quantitative estimate of drug-likeness (QED) is 0.569. The number of carbonyl (C=O) groups is 1. The van der Waals surface area contributed by atoms with Gasteiger partial charge in [-0.05, 0) is 62.5 Å². The highest BCUT2D eigenvalue weighted by Gasteiger charge is 2.07. The van der Waals surface area contributed by atoms with Gasteiger partial charge in [0.25, 0.3) is 5.91 Å². The molecule has 2 N–H and O–H groups in total. The Bertz CT molecular complexity index is 666. The lowest BCUT2D eigenvalue weighted by Gasteiger charge is -2.11. The zero-order valence-electron chi connectivity index (χ0n) is 11.8. The number of rotatable bonds is 5. The lowest BCUT2D eigenvalue weighted by atomic mass is 10.2. The molecule has 0 fully saturated rings. The molecule has 1 heterocycles. The topological polar surface area (TPSA) is 66.4 Å². The summed E-state index contributed by atoms with van der Waals surface area (Å²) < 4.78 is 1.79. The van der Waals surface area contributed by atoms with E-state index >= 15 is 0 Å². The molecule has 2 rings (SSSR count). The minimum absolute atomic E-state index is 0.116. The first-order valence-electron chi connectivity index (χ1n) is 6.47. The molecule has 22 heavy (non-hydrogen) atoms. The lowest BCUT2D eigenvalue weighted by Crippen LogP contribution is -2.26. The van der Waals surface area contributed by atoms with E-state index in [1.807, 2.05) is 25.1 Å². The number of anilines is 1. The maximum Gasteiger partial charge on any atom is 0.259 e. The Morgan fingerprint density at radius 2 is 2.09 bits per heavy atom. The van der Waals surface area contributed by atoms with Crippen LogP contribution in [0.25, 0.3) is 0 Å². The van der Waals surface area contributed by atoms with Crippen molar-refractivity contribution in [3.8, 4) is 0 Å². The number of hydrogen-bond donors (Lipinski definition) is 2. The van der Waals surface area contributed by atoms with Crippen LogP contribution in [0.4, 0.5) is 5.69 Å². The second-order valence-electron chi connectivity index (χ2n) is 4.54. The van der Waals surface area contributed by atoms with Crippen LogP contribution in [-0.4, -0.2) is 23.7 Å². The summed E-state index contributed by atoms with van der Waals surface area (Å²) >= 11 is 6.94. The Balaban J connectivity index is 1.87. The van der Waals surface area contributed by atoms with E-state index in [0.29, 0.717) is 0 Å². The number of carbonyl (C=O) groups excluding carboxylic acids is 1. The number of halogens is 2. The molecule has 1 amide bonds. The number of nitrogens with one attached hydrogen (secondary N) is 2. The Morgan fingerprint density at radius 1 is 1.36 bits per heavy atom. The first kappa shape index (κ1) is 16.6. The molecule has 0 bridgehead atoms. The predicted octanol–water partition coefficient (Wildman–Crippen LogP) is 3.48. The second-order valence-corrected chi connectivity index (χ2v) is 6.25. The molecule has 5 nitrogen and oxygen atoms in total. The molecule has 0 unspecified atom stereocenters. The van der Waals surface area contributed by atoms with Crippen molar-refractivity contribution in [2.45, 2.75) is 6.92 Å². The van der Waals surface area contributed by atoms with Crippen LogP contribution in [0.1, 0.15) is 11.1 Å². The number of nitrogens with zero attached hydrogens (tertiary/aromatic N) is 2. The van der Waals surface area contributed by atoms with Gasteiger partial charge in [0.1, 0.15) is 0 Å². The normalized spacial score (nSPS) is 10.7. The number of benzene rings is 1. The van der Waals surface area contributed by atoms with E-state index in [9.17, 15) is 4.79 Å². The molecule has 0 atom stereocenters. The number of aromatic nitrogens is 1. The molecule has 1 aromatic carbocycles. The SMILES string of the molecule is Cc1cc(Br)c(NCC(=O)N/N=C/c2cccnc2)c(Br)c1. The van der Waals surface area contributed by atoms with Gasteiger partial charge in [-0.1, -0.05) is 6.07 Å². The lowest BCUT2D eigenvalue weighted by molar-refractivity contribution is -0.119. The zero-order chi connectivity index (χ0) is 15.9. The van der Waals surface area contributed by atoms with Gasteiger partial charge in [0.05, 0.1) is 18.4 Å². The van der Waals surface area contributed by atoms with Crippen molar-refractivity contribution >= 4 is 49.7 Å². The van der Waals surface area contributed by atoms with Crippen LogP contribution in [-0.2, 0) is 4.79 Å². The van der Waals surface area contributed by atoms with Gasteiger partial charge in [-0.25, -0.2) is 5.43 Å². The average molecular weight is 426 g/mol. The Morgan fingerprint density at radius 3 is 2.73 bits per heavy atom. The standard InChI is InChI=1S/C15H14Br2N4O/c1-10-5-12(16)15(13(17)6-10)19-9-14(22)21-20-8-11-3-2-4-18-7-11/h2-8,19H,9H2,1H3,(H,21,22)/b20-8+. The maximum atomic E-state index is 11.8. The van der Waals surface area contributed by atoms with E-state index in [1.54, 1.807) is 24.7 Å². The third kappa shape index (κ3) is 4.92. The first-order chi connectivity index (χ1) is 10.6. The Kier molecular flexibility index (Phi) is 6.09. The molecule has 0 saturated heterocycles. The maximum absolute atomic E-state index is 11.8. The highest BCUT2D eigenvalue weighted by molar-refractivity contribution is 9.11. The fourth-order valence-corrected chi connectivity index (χ4v) is 3.40. The first-order valence-corrected chi connectivity index (χ1v) is 8.06. The Labute approximate surface area is 145 Å². The molecule has 0 spiro atoms. The Hall–Kier alpha value is -1.73. The smallest absolute Gasteiger partial charge is 0.259 e. The monoisotopic (exact) mass is 424 g/mol. The van der Waals surface area contributed by atoms with Crippen LogP contribution < -0.4 is 10.7 Å². The molecule has 0 aliphatic heterocycles. The molecule has 0 saturated carbocycles. The summed E-state index contributed by atoms with van der Waals surface area (Å²) in [6.45, 7) is 2.11. The van der Waals surface area contributed by atoms with Crippen molar-refractivity contribution in [3.05, 3.63) is 56.7 Å². The molecule has 0 radical (unpaired) electrons. The summed E-state index contributed by atoms with van der Waals surface area (Å²) in [5, 5.41) is 6.95. The van der Waals surface area contributed by atoms with Crippen molar-refractivity contribution in [3.63, 3.8) is 0 Å². The van der Waals surface area contributed by atoms with Gasteiger partial charge in [0, 0.05) is 26.9 Å². The van der Waals surface area contributed by atoms with Crippen molar-refractivity contribution in [2.24, 2.45) is 5.10 Å². The van der Waals surface area contributed by atoms with Crippen LogP contribution in [0.5, 0.6) is 0 Å². The van der Waals surface area contributed by atoms with Crippen LogP contribution in [0.2, 0.25) is 0 Å². The fourth-order valence-electron chi connectivity index (χ4n) is 1.71. The van der Waals surface area contributed by atoms with Crippen LogP contribution in [0.3, 0.4) is 0 Å². The van der Waals surface area contributed by atoms with Gasteiger partial charge < -0.3 is 5.32 Å². The highest BCUT2D eigenvalue weighted by atomic mass is 79.9. The molecule has 0 aliphatic carbocycles. The number of amides is 1. The van der Waals surface area contributed by atoms with E-state index in [4.69, 9.17) is 0 Å². The molecule has 114 valence electrons. The minimum Gasteiger partial charge on any atom is -0.374 e. The summed E-state index contributed by atoms with van der Waals surface area (Å²) in [5.74, 6) is -0.237. The second kappa shape index (κ2) is 8.05. The molecule has 0 aliphatic rings. The summed E-state index contributed by atoms with van der Waals surface area (Å²) in [4.78, 5) is 15.7. The van der Waals surface area contributed by atoms with Crippen molar-refractivity contribution in [1.29, 1.82) is 0 Å². The summed E-state index contributed by atoms with van der Waals surface area (Å²) in [7, 11) is 0. The molecule has 1 aromatic heterocycles. The van der Waals surface area contributed by atoms with Crippen LogP contribution in [0, 0.1) is 6.92 Å². The van der Waals surface area contributed by atoms with E-state index in [1.165, 1.54) is 0 Å². The summed E-state index contributed by atoms with van der Waals surface area (Å²) in [6, 6.07) is 7.61. The minimum atomic E-state index is -0.237. The van der Waals surface area contributed by atoms with E-state index in [2.05, 4.69) is 52.7 Å². The highest BCUT2D eigenvalue weighted by Crippen LogP contribution is 2.31. The third-order valence-corrected chi connectivity index (χ3v) is 3.95. The van der Waals surface area contributed by atoms with Crippen LogP contribution in [0.15, 0.2) is 50.7 Å². The van der Waals surface area contributed by atoms with Gasteiger partial charge in [0.2, 0.25) is 0 Å². The van der Waals surface area contributed by atoms with Gasteiger partial charge in [-0.2, -0.15) is 5.10 Å². The average Bonchev–Trinajstić information content (AvgIpc) is 2.47. The van der Waals surface area contributed by atoms with Crippen molar-refractivity contribution in [2.75, 3.05) is 11.9 Å². The van der Waals surface area contributed by atoms with E-state index in [0.717, 1.165) is 25.8 Å². The van der Waals surface area contributed by atoms with E-state index in [-0.39, 0.29) is 12.5 Å². The molecule has 7 heteroatoms. The summed E-state index contributed by atoms with van der Waals surface area (Å²) in [6.07, 6.45) is 4.88. The number of aryl methyl sites for hydroxylation is 1. The van der Waals surface area contributed by atoms with Gasteiger partial charge in [-0.15, -0.1) is 0 Å². The van der Waals surface area contributed by atoms with Crippen LogP contribution >= 0.6 is 31.9 Å². The summed E-state index contributed by atoms with van der Waals surface area (Å²) in [5.41, 5.74) is 5.23. The zero-order valence-corrected chi connectivity index (χ0v) is 15.0. The molecular formula is C15H14Br2N4O. The third-order valence-electron chi connectivity index (χ3n) is 2.70. The fraction of sp³-hybridized carbons (Fsp3) is 0.133. The number of pyridine rings is 1. The number of hydrogen-bond acceptors (Lipinski definition) is 4.